The molecule has 0 aliphatic rings. The zero-order valence-corrected chi connectivity index (χ0v) is 10.3. The largest absolute Gasteiger partial charge is 0.352 e. The van der Waals surface area contributed by atoms with E-state index in [1.165, 1.54) is 18.2 Å². The van der Waals surface area contributed by atoms with E-state index < -0.39 is 11.7 Å². The number of halogens is 3. The van der Waals surface area contributed by atoms with Crippen molar-refractivity contribution < 1.29 is 9.18 Å². The minimum absolute atomic E-state index is 0.0236. The van der Waals surface area contributed by atoms with E-state index in [1.807, 2.05) is 6.92 Å². The van der Waals surface area contributed by atoms with Crippen LogP contribution < -0.4 is 5.32 Å². The summed E-state index contributed by atoms with van der Waals surface area (Å²) < 4.78 is 13.4. The van der Waals surface area contributed by atoms with Crippen LogP contribution in [0.1, 0.15) is 23.7 Å². The van der Waals surface area contributed by atoms with Crippen molar-refractivity contribution in [1.82, 2.24) is 5.32 Å². The summed E-state index contributed by atoms with van der Waals surface area (Å²) in [5, 5.41) is 2.50. The fourth-order valence-electron chi connectivity index (χ4n) is 1.16. The molecule has 0 saturated carbocycles. The smallest absolute Gasteiger partial charge is 0.254 e. The zero-order chi connectivity index (χ0) is 12.1. The molecule has 0 aromatic heterocycles. The maximum atomic E-state index is 13.4. The van der Waals surface area contributed by atoms with Crippen LogP contribution in [0.5, 0.6) is 0 Å². The van der Waals surface area contributed by atoms with Gasteiger partial charge in [0.15, 0.2) is 5.82 Å². The van der Waals surface area contributed by atoms with E-state index in [1.54, 1.807) is 0 Å². The van der Waals surface area contributed by atoms with Gasteiger partial charge in [-0.2, -0.15) is 0 Å². The van der Waals surface area contributed by atoms with Gasteiger partial charge in [0.25, 0.3) is 5.91 Å². The van der Waals surface area contributed by atoms with Gasteiger partial charge in [-0.25, -0.2) is 4.39 Å². The van der Waals surface area contributed by atoms with Gasteiger partial charge >= 0.3 is 0 Å². The Morgan fingerprint density at radius 2 is 2.25 bits per heavy atom. The molecule has 1 aromatic rings. The summed E-state index contributed by atoms with van der Waals surface area (Å²) in [5.74, 6) is -1.17. The molecule has 1 aromatic carbocycles. The Kier molecular flexibility index (Phi) is 5.03. The molecular weight excluding hydrogens is 252 g/mol. The lowest BCUT2D eigenvalue weighted by Crippen LogP contribution is -2.26. The molecule has 0 aliphatic carbocycles. The Balaban J connectivity index is 2.63. The second-order valence-electron chi connectivity index (χ2n) is 3.43. The van der Waals surface area contributed by atoms with Crippen molar-refractivity contribution in [2.75, 3.05) is 6.54 Å². The molecule has 1 atom stereocenters. The Hall–Kier alpha value is -0.800. The molecule has 0 saturated heterocycles. The summed E-state index contributed by atoms with van der Waals surface area (Å²) in [5.41, 5.74) is -0.0466. The molecule has 1 rings (SSSR count). The molecule has 0 spiro atoms. The molecule has 0 aliphatic heterocycles. The molecule has 0 fully saturated rings. The van der Waals surface area contributed by atoms with Crippen molar-refractivity contribution in [3.05, 3.63) is 34.6 Å². The molecule has 1 unspecified atom stereocenters. The number of carbonyl (C=O) groups is 1. The van der Waals surface area contributed by atoms with Crippen molar-refractivity contribution in [1.29, 1.82) is 0 Å². The summed E-state index contributed by atoms with van der Waals surface area (Å²) in [6.45, 7) is 2.24. The first-order valence-corrected chi connectivity index (χ1v) is 5.70. The number of rotatable bonds is 4. The van der Waals surface area contributed by atoms with E-state index in [2.05, 4.69) is 5.32 Å². The number of hydrogen-bond donors (Lipinski definition) is 1. The van der Waals surface area contributed by atoms with Gasteiger partial charge in [0.1, 0.15) is 0 Å². The van der Waals surface area contributed by atoms with E-state index >= 15 is 0 Å². The van der Waals surface area contributed by atoms with Crippen LogP contribution in [-0.4, -0.2) is 17.8 Å². The highest BCUT2D eigenvalue weighted by Gasteiger charge is 2.13. The van der Waals surface area contributed by atoms with Crippen LogP contribution in [0.2, 0.25) is 5.02 Å². The number of benzene rings is 1. The van der Waals surface area contributed by atoms with Crippen molar-refractivity contribution in [3.63, 3.8) is 0 Å². The quantitative estimate of drug-likeness (QED) is 0.831. The van der Waals surface area contributed by atoms with Gasteiger partial charge in [-0.3, -0.25) is 4.79 Å². The third kappa shape index (κ3) is 3.65. The van der Waals surface area contributed by atoms with E-state index in [9.17, 15) is 9.18 Å². The summed E-state index contributed by atoms with van der Waals surface area (Å²) >= 11 is 11.3. The summed E-state index contributed by atoms with van der Waals surface area (Å²) in [7, 11) is 0. The van der Waals surface area contributed by atoms with E-state index in [0.717, 1.165) is 0 Å². The van der Waals surface area contributed by atoms with Crippen molar-refractivity contribution in [2.24, 2.45) is 0 Å². The Morgan fingerprint density at radius 3 is 2.88 bits per heavy atom. The summed E-state index contributed by atoms with van der Waals surface area (Å²) in [6, 6.07) is 4.32. The Bertz CT molecular complexity index is 382. The molecule has 1 N–H and O–H groups in total. The highest BCUT2D eigenvalue weighted by Crippen LogP contribution is 2.17. The predicted molar refractivity (Wildman–Crippen MR) is 63.7 cm³/mol. The minimum Gasteiger partial charge on any atom is -0.352 e. The maximum absolute atomic E-state index is 13.4. The number of nitrogens with one attached hydrogen (secondary N) is 1. The highest BCUT2D eigenvalue weighted by molar-refractivity contribution is 6.31. The monoisotopic (exact) mass is 263 g/mol. The lowest BCUT2D eigenvalue weighted by atomic mass is 10.2. The van der Waals surface area contributed by atoms with E-state index in [4.69, 9.17) is 23.2 Å². The molecule has 0 radical (unpaired) electrons. The third-order valence-corrected chi connectivity index (χ3v) is 2.53. The predicted octanol–water partition coefficient (Wildman–Crippen LogP) is 3.23. The van der Waals surface area contributed by atoms with Crippen LogP contribution in [0.4, 0.5) is 4.39 Å². The summed E-state index contributed by atoms with van der Waals surface area (Å²) in [6.07, 6.45) is 0.634. The summed E-state index contributed by atoms with van der Waals surface area (Å²) in [4.78, 5) is 11.5. The van der Waals surface area contributed by atoms with Gasteiger partial charge < -0.3 is 5.32 Å². The second kappa shape index (κ2) is 6.06. The van der Waals surface area contributed by atoms with Crippen LogP contribution in [0.3, 0.4) is 0 Å². The Labute approximate surface area is 104 Å². The molecule has 88 valence electrons. The van der Waals surface area contributed by atoms with Crippen LogP contribution in [0.25, 0.3) is 0 Å². The lowest BCUT2D eigenvalue weighted by Gasteiger charge is -2.07. The maximum Gasteiger partial charge on any atom is 0.254 e. The molecule has 2 nitrogen and oxygen atoms in total. The van der Waals surface area contributed by atoms with Crippen LogP contribution >= 0.6 is 23.2 Å². The number of amides is 1. The average molecular weight is 264 g/mol. The lowest BCUT2D eigenvalue weighted by molar-refractivity contribution is 0.0949. The van der Waals surface area contributed by atoms with Gasteiger partial charge in [0, 0.05) is 11.9 Å². The van der Waals surface area contributed by atoms with Crippen LogP contribution in [-0.2, 0) is 0 Å². The first-order chi connectivity index (χ1) is 7.52. The van der Waals surface area contributed by atoms with E-state index in [0.29, 0.717) is 13.0 Å². The normalized spacial score (nSPS) is 12.2. The SMILES string of the molecule is CC(Cl)CCNC(=O)c1cccc(Cl)c1F. The van der Waals surface area contributed by atoms with Crippen LogP contribution in [0.15, 0.2) is 18.2 Å². The first kappa shape index (κ1) is 13.3. The van der Waals surface area contributed by atoms with Crippen molar-refractivity contribution in [3.8, 4) is 0 Å². The first-order valence-electron chi connectivity index (χ1n) is 4.88. The molecule has 16 heavy (non-hydrogen) atoms. The van der Waals surface area contributed by atoms with Gasteiger partial charge in [-0.05, 0) is 25.5 Å². The molecule has 1 amide bonds. The number of hydrogen-bond acceptors (Lipinski definition) is 1. The molecule has 0 heterocycles. The minimum atomic E-state index is -0.694. The second-order valence-corrected chi connectivity index (χ2v) is 4.58. The molecule has 5 heteroatoms. The molecule has 0 bridgehead atoms. The van der Waals surface area contributed by atoms with Gasteiger partial charge in [-0.15, -0.1) is 11.6 Å². The van der Waals surface area contributed by atoms with Gasteiger partial charge in [-0.1, -0.05) is 17.7 Å². The number of carbonyl (C=O) groups excluding carboxylic acids is 1. The zero-order valence-electron chi connectivity index (χ0n) is 8.77. The topological polar surface area (TPSA) is 29.1 Å². The highest BCUT2D eigenvalue weighted by atomic mass is 35.5. The van der Waals surface area contributed by atoms with Gasteiger partial charge in [0.2, 0.25) is 0 Å². The third-order valence-electron chi connectivity index (χ3n) is 2.02. The standard InChI is InChI=1S/C11H12Cl2FNO/c1-7(12)5-6-15-11(16)8-3-2-4-9(13)10(8)14/h2-4,7H,5-6H2,1H3,(H,15,16). The fourth-order valence-corrected chi connectivity index (χ4v) is 1.44. The van der Waals surface area contributed by atoms with Gasteiger partial charge in [0.05, 0.1) is 10.6 Å². The Morgan fingerprint density at radius 1 is 1.56 bits per heavy atom. The number of alkyl halides is 1. The van der Waals surface area contributed by atoms with Crippen molar-refractivity contribution >= 4 is 29.1 Å². The molecular formula is C11H12Cl2FNO. The average Bonchev–Trinajstić information content (AvgIpc) is 2.21. The van der Waals surface area contributed by atoms with Crippen molar-refractivity contribution in [2.45, 2.75) is 18.7 Å². The van der Waals surface area contributed by atoms with Crippen LogP contribution in [0, 0.1) is 5.82 Å². The van der Waals surface area contributed by atoms with E-state index in [-0.39, 0.29) is 16.0 Å². The fraction of sp³-hybridized carbons (Fsp3) is 0.364.